The van der Waals surface area contributed by atoms with Gasteiger partial charge in [-0.15, -0.1) is 0 Å². The zero-order valence-electron chi connectivity index (χ0n) is 11.5. The van der Waals surface area contributed by atoms with Crippen LogP contribution < -0.4 is 5.32 Å². The molecule has 1 heterocycles. The van der Waals surface area contributed by atoms with E-state index >= 15 is 0 Å². The lowest BCUT2D eigenvalue weighted by atomic mass is 9.98. The average molecular weight is 293 g/mol. The Hall–Kier alpha value is -1.49. The lowest BCUT2D eigenvalue weighted by molar-refractivity contribution is -0.146. The maximum atomic E-state index is 12.0. The van der Waals surface area contributed by atoms with Gasteiger partial charge in [0.1, 0.15) is 5.54 Å². The monoisotopic (exact) mass is 293 g/mol. The molecule has 0 bridgehead atoms. The average Bonchev–Trinajstić information content (AvgIpc) is 2.86. The van der Waals surface area contributed by atoms with Crippen molar-refractivity contribution in [3.63, 3.8) is 0 Å². The summed E-state index contributed by atoms with van der Waals surface area (Å²) < 4.78 is 0. The van der Waals surface area contributed by atoms with E-state index in [4.69, 9.17) is 0 Å². The van der Waals surface area contributed by atoms with Crippen LogP contribution in [0.5, 0.6) is 0 Å². The lowest BCUT2D eigenvalue weighted by Gasteiger charge is -2.24. The molecule has 1 aliphatic heterocycles. The van der Waals surface area contributed by atoms with Gasteiger partial charge in [-0.25, -0.2) is 4.79 Å². The summed E-state index contributed by atoms with van der Waals surface area (Å²) in [6.07, 6.45) is 1.46. The van der Waals surface area contributed by atoms with Crippen molar-refractivity contribution in [2.24, 2.45) is 0 Å². The number of thioether (sulfide) groups is 1. The summed E-state index contributed by atoms with van der Waals surface area (Å²) in [6, 6.07) is 8.01. The molecule has 2 N–H and O–H groups in total. The van der Waals surface area contributed by atoms with Gasteiger partial charge in [-0.2, -0.15) is 11.8 Å². The molecule has 20 heavy (non-hydrogen) atoms. The van der Waals surface area contributed by atoms with Gasteiger partial charge in [-0.3, -0.25) is 4.79 Å². The van der Waals surface area contributed by atoms with Crippen molar-refractivity contribution in [1.29, 1.82) is 0 Å². The number of rotatable bonds is 5. The van der Waals surface area contributed by atoms with Crippen molar-refractivity contribution in [3.05, 3.63) is 35.4 Å². The number of nitrogens with one attached hydrogen (secondary N) is 1. The molecule has 1 atom stereocenters. The summed E-state index contributed by atoms with van der Waals surface area (Å²) in [4.78, 5) is 23.3. The van der Waals surface area contributed by atoms with Crippen LogP contribution in [-0.4, -0.2) is 34.0 Å². The molecule has 0 aromatic heterocycles. The summed E-state index contributed by atoms with van der Waals surface area (Å²) in [6.45, 7) is 2.01. The Bertz CT molecular complexity index is 510. The molecule has 0 radical (unpaired) electrons. The number of carboxylic acids is 1. The predicted octanol–water partition coefficient (Wildman–Crippen LogP) is 2.00. The number of hydrogen-bond donors (Lipinski definition) is 2. The zero-order valence-corrected chi connectivity index (χ0v) is 12.3. The molecule has 0 aliphatic carbocycles. The third-order valence-electron chi connectivity index (χ3n) is 3.53. The molecular weight excluding hydrogens is 274 g/mol. The molecule has 2 rings (SSSR count). The van der Waals surface area contributed by atoms with Crippen LogP contribution in [0.3, 0.4) is 0 Å². The number of carbonyl (C=O) groups excluding carboxylic acids is 1. The Labute approximate surface area is 123 Å². The number of carbonyl (C=O) groups is 2. The highest BCUT2D eigenvalue weighted by Crippen LogP contribution is 2.28. The second-order valence-electron chi connectivity index (χ2n) is 5.23. The molecule has 1 fully saturated rings. The third kappa shape index (κ3) is 3.54. The second-order valence-corrected chi connectivity index (χ2v) is 6.33. The molecule has 1 aromatic rings. The van der Waals surface area contributed by atoms with Crippen LogP contribution in [0, 0.1) is 6.92 Å². The Morgan fingerprint density at radius 2 is 2.25 bits per heavy atom. The quantitative estimate of drug-likeness (QED) is 0.871. The number of benzene rings is 1. The van der Waals surface area contributed by atoms with E-state index in [1.807, 2.05) is 31.2 Å². The third-order valence-corrected chi connectivity index (χ3v) is 4.72. The molecule has 1 aromatic carbocycles. The van der Waals surface area contributed by atoms with Crippen molar-refractivity contribution in [2.75, 3.05) is 11.5 Å². The van der Waals surface area contributed by atoms with Crippen LogP contribution in [-0.2, 0) is 16.0 Å². The Balaban J connectivity index is 1.90. The van der Waals surface area contributed by atoms with Crippen LogP contribution in [0.1, 0.15) is 24.0 Å². The lowest BCUT2D eigenvalue weighted by Crippen LogP contribution is -2.54. The van der Waals surface area contributed by atoms with Crippen LogP contribution >= 0.6 is 11.8 Å². The van der Waals surface area contributed by atoms with E-state index in [1.165, 1.54) is 0 Å². The minimum absolute atomic E-state index is 0.184. The molecule has 1 aliphatic rings. The molecule has 0 unspecified atom stereocenters. The Morgan fingerprint density at radius 1 is 1.45 bits per heavy atom. The van der Waals surface area contributed by atoms with Gasteiger partial charge in [-0.05, 0) is 31.1 Å². The van der Waals surface area contributed by atoms with E-state index in [1.54, 1.807) is 11.8 Å². The van der Waals surface area contributed by atoms with Crippen molar-refractivity contribution >= 4 is 23.6 Å². The highest BCUT2D eigenvalue weighted by molar-refractivity contribution is 7.99. The first-order chi connectivity index (χ1) is 9.52. The van der Waals surface area contributed by atoms with Crippen molar-refractivity contribution in [2.45, 2.75) is 31.7 Å². The second kappa shape index (κ2) is 6.31. The highest BCUT2D eigenvalue weighted by Gasteiger charge is 2.43. The van der Waals surface area contributed by atoms with Gasteiger partial charge in [0.05, 0.1) is 0 Å². The summed E-state index contributed by atoms with van der Waals surface area (Å²) in [5, 5.41) is 12.0. The first-order valence-electron chi connectivity index (χ1n) is 6.69. The summed E-state index contributed by atoms with van der Waals surface area (Å²) in [5.74, 6) is 0.131. The normalized spacial score (nSPS) is 21.6. The number of carboxylic acid groups (broad SMARTS) is 1. The standard InChI is InChI=1S/C15H19NO3S/c1-11-3-2-4-12(9-11)5-6-13(17)16-15(14(18)19)7-8-20-10-15/h2-4,9H,5-8,10H2,1H3,(H,16,17)(H,18,19)/t15-/m0/s1. The largest absolute Gasteiger partial charge is 0.479 e. The first-order valence-corrected chi connectivity index (χ1v) is 7.85. The van der Waals surface area contributed by atoms with Gasteiger partial charge in [0.2, 0.25) is 5.91 Å². The van der Waals surface area contributed by atoms with Crippen LogP contribution in [0.25, 0.3) is 0 Å². The van der Waals surface area contributed by atoms with Gasteiger partial charge in [0.25, 0.3) is 0 Å². The number of hydrogen-bond acceptors (Lipinski definition) is 3. The Morgan fingerprint density at radius 3 is 2.85 bits per heavy atom. The van der Waals surface area contributed by atoms with Crippen molar-refractivity contribution in [3.8, 4) is 0 Å². The van der Waals surface area contributed by atoms with Crippen LogP contribution in [0.4, 0.5) is 0 Å². The van der Waals surface area contributed by atoms with Gasteiger partial charge in [0, 0.05) is 12.2 Å². The number of aliphatic carboxylic acids is 1. The van der Waals surface area contributed by atoms with E-state index < -0.39 is 11.5 Å². The molecule has 1 saturated heterocycles. The van der Waals surface area contributed by atoms with E-state index in [0.29, 0.717) is 25.0 Å². The van der Waals surface area contributed by atoms with Crippen molar-refractivity contribution in [1.82, 2.24) is 5.32 Å². The van der Waals surface area contributed by atoms with E-state index in [9.17, 15) is 14.7 Å². The molecule has 5 heteroatoms. The van der Waals surface area contributed by atoms with Crippen LogP contribution in [0.15, 0.2) is 24.3 Å². The predicted molar refractivity (Wildman–Crippen MR) is 80.0 cm³/mol. The topological polar surface area (TPSA) is 66.4 Å². The van der Waals surface area contributed by atoms with E-state index in [2.05, 4.69) is 5.32 Å². The molecule has 0 saturated carbocycles. The minimum atomic E-state index is -1.06. The highest BCUT2D eigenvalue weighted by atomic mass is 32.2. The molecule has 1 amide bonds. The fraction of sp³-hybridized carbons (Fsp3) is 0.467. The molecule has 108 valence electrons. The number of aryl methyl sites for hydroxylation is 2. The van der Waals surface area contributed by atoms with Crippen molar-refractivity contribution < 1.29 is 14.7 Å². The zero-order chi connectivity index (χ0) is 14.6. The first kappa shape index (κ1) is 14.9. The SMILES string of the molecule is Cc1cccc(CCC(=O)N[C@@]2(C(=O)O)CCSC2)c1. The fourth-order valence-electron chi connectivity index (χ4n) is 2.34. The van der Waals surface area contributed by atoms with Gasteiger partial charge in [0.15, 0.2) is 0 Å². The number of amides is 1. The molecule has 4 nitrogen and oxygen atoms in total. The van der Waals surface area contributed by atoms with Gasteiger partial charge >= 0.3 is 5.97 Å². The Kier molecular flexibility index (Phi) is 4.70. The summed E-state index contributed by atoms with van der Waals surface area (Å²) in [5.41, 5.74) is 1.20. The summed E-state index contributed by atoms with van der Waals surface area (Å²) in [7, 11) is 0. The summed E-state index contributed by atoms with van der Waals surface area (Å²) >= 11 is 1.57. The van der Waals surface area contributed by atoms with Gasteiger partial charge in [-0.1, -0.05) is 29.8 Å². The maximum absolute atomic E-state index is 12.0. The maximum Gasteiger partial charge on any atom is 0.330 e. The van der Waals surface area contributed by atoms with E-state index in [0.717, 1.165) is 16.9 Å². The van der Waals surface area contributed by atoms with Crippen LogP contribution in [0.2, 0.25) is 0 Å². The fourth-order valence-corrected chi connectivity index (χ4v) is 3.67. The van der Waals surface area contributed by atoms with Gasteiger partial charge < -0.3 is 10.4 Å². The van der Waals surface area contributed by atoms with E-state index in [-0.39, 0.29) is 5.91 Å². The smallest absolute Gasteiger partial charge is 0.330 e. The minimum Gasteiger partial charge on any atom is -0.479 e. The molecule has 0 spiro atoms. The molecular formula is C15H19NO3S.